The smallest absolute Gasteiger partial charge is 0.179 e. The van der Waals surface area contributed by atoms with Gasteiger partial charge in [-0.05, 0) is 37.4 Å². The minimum Gasteiger partial charge on any atom is -0.384 e. The molecule has 2 aromatic rings. The number of aromatic nitrogens is 3. The summed E-state index contributed by atoms with van der Waals surface area (Å²) in [6, 6.07) is 3.69. The van der Waals surface area contributed by atoms with Gasteiger partial charge in [-0.3, -0.25) is 0 Å². The Morgan fingerprint density at radius 1 is 1.38 bits per heavy atom. The first-order valence-electron chi connectivity index (χ1n) is 5.63. The monoisotopic (exact) mass is 217 g/mol. The number of nitrogens with one attached hydrogen (secondary N) is 2. The van der Waals surface area contributed by atoms with E-state index in [0.29, 0.717) is 11.5 Å². The number of H-pyrrole nitrogens is 1. The van der Waals surface area contributed by atoms with Gasteiger partial charge < -0.3 is 16.0 Å². The van der Waals surface area contributed by atoms with Crippen LogP contribution in [0.4, 0.5) is 5.82 Å². The molecule has 5 nitrogen and oxygen atoms in total. The third-order valence-electron chi connectivity index (χ3n) is 2.84. The van der Waals surface area contributed by atoms with Gasteiger partial charge in [-0.1, -0.05) is 0 Å². The molecule has 0 aromatic carbocycles. The highest BCUT2D eigenvalue weighted by Crippen LogP contribution is 2.27. The van der Waals surface area contributed by atoms with Crippen LogP contribution >= 0.6 is 0 Å². The molecular weight excluding hydrogens is 202 g/mol. The van der Waals surface area contributed by atoms with Crippen LogP contribution in [0.5, 0.6) is 0 Å². The standard InChI is InChI=1S/C11H15N5/c12-9-4-3-8-11(15-9)16-10(14-8)6-13-5-7-1-2-7/h3-4,7,13H,1-2,5-6H2,(H3,12,14,15,16). The Morgan fingerprint density at radius 3 is 3.06 bits per heavy atom. The number of hydrogen-bond donors (Lipinski definition) is 3. The second kappa shape index (κ2) is 3.75. The van der Waals surface area contributed by atoms with E-state index in [1.54, 1.807) is 6.07 Å². The van der Waals surface area contributed by atoms with Crippen molar-refractivity contribution in [3.63, 3.8) is 0 Å². The van der Waals surface area contributed by atoms with E-state index in [1.807, 2.05) is 6.07 Å². The van der Waals surface area contributed by atoms with Gasteiger partial charge in [-0.25, -0.2) is 9.97 Å². The van der Waals surface area contributed by atoms with Gasteiger partial charge in [0, 0.05) is 0 Å². The first kappa shape index (κ1) is 9.59. The molecule has 5 heteroatoms. The largest absolute Gasteiger partial charge is 0.384 e. The predicted octanol–water partition coefficient (Wildman–Crippen LogP) is 1.04. The molecule has 0 bridgehead atoms. The van der Waals surface area contributed by atoms with Crippen LogP contribution in [0.25, 0.3) is 11.2 Å². The Kier molecular flexibility index (Phi) is 2.25. The maximum atomic E-state index is 5.60. The minimum atomic E-state index is 0.511. The number of pyridine rings is 1. The molecule has 0 spiro atoms. The van der Waals surface area contributed by atoms with Gasteiger partial charge in [0.1, 0.15) is 11.6 Å². The summed E-state index contributed by atoms with van der Waals surface area (Å²) >= 11 is 0. The van der Waals surface area contributed by atoms with E-state index < -0.39 is 0 Å². The Hall–Kier alpha value is -1.62. The van der Waals surface area contributed by atoms with Gasteiger partial charge >= 0.3 is 0 Å². The molecule has 0 radical (unpaired) electrons. The lowest BCUT2D eigenvalue weighted by Gasteiger charge is -1.98. The molecule has 1 aliphatic rings. The van der Waals surface area contributed by atoms with Crippen molar-refractivity contribution in [2.45, 2.75) is 19.4 Å². The van der Waals surface area contributed by atoms with Crippen molar-refractivity contribution in [2.75, 3.05) is 12.3 Å². The van der Waals surface area contributed by atoms with Crippen molar-refractivity contribution in [2.24, 2.45) is 5.92 Å². The van der Waals surface area contributed by atoms with Crippen LogP contribution in [0.1, 0.15) is 18.7 Å². The highest BCUT2D eigenvalue weighted by molar-refractivity contribution is 5.72. The van der Waals surface area contributed by atoms with E-state index in [2.05, 4.69) is 20.3 Å². The zero-order valence-electron chi connectivity index (χ0n) is 9.03. The molecule has 2 aromatic heterocycles. The van der Waals surface area contributed by atoms with Gasteiger partial charge in [0.15, 0.2) is 5.65 Å². The van der Waals surface area contributed by atoms with E-state index in [4.69, 9.17) is 5.73 Å². The third kappa shape index (κ3) is 1.99. The fourth-order valence-electron chi connectivity index (χ4n) is 1.76. The summed E-state index contributed by atoms with van der Waals surface area (Å²) in [5, 5.41) is 3.39. The zero-order valence-corrected chi connectivity index (χ0v) is 9.03. The zero-order chi connectivity index (χ0) is 11.0. The molecular formula is C11H15N5. The first-order valence-corrected chi connectivity index (χ1v) is 5.63. The average molecular weight is 217 g/mol. The van der Waals surface area contributed by atoms with E-state index >= 15 is 0 Å². The quantitative estimate of drug-likeness (QED) is 0.715. The molecule has 4 N–H and O–H groups in total. The summed E-state index contributed by atoms with van der Waals surface area (Å²) in [5.74, 6) is 2.32. The van der Waals surface area contributed by atoms with Gasteiger partial charge in [0.05, 0.1) is 12.1 Å². The van der Waals surface area contributed by atoms with Crippen LogP contribution in [0.2, 0.25) is 0 Å². The fraction of sp³-hybridized carbons (Fsp3) is 0.455. The average Bonchev–Trinajstić information content (AvgIpc) is 2.98. The van der Waals surface area contributed by atoms with Crippen LogP contribution in [-0.4, -0.2) is 21.5 Å². The summed E-state index contributed by atoms with van der Waals surface area (Å²) in [6.45, 7) is 1.86. The number of nitrogen functional groups attached to an aromatic ring is 1. The summed E-state index contributed by atoms with van der Waals surface area (Å²) < 4.78 is 0. The number of nitrogens with two attached hydrogens (primary N) is 1. The van der Waals surface area contributed by atoms with Crippen molar-refractivity contribution in [3.8, 4) is 0 Å². The van der Waals surface area contributed by atoms with E-state index in [-0.39, 0.29) is 0 Å². The first-order chi connectivity index (χ1) is 7.81. The molecule has 2 heterocycles. The van der Waals surface area contributed by atoms with Gasteiger partial charge in [-0.15, -0.1) is 0 Å². The minimum absolute atomic E-state index is 0.511. The molecule has 0 atom stereocenters. The summed E-state index contributed by atoms with van der Waals surface area (Å²) in [5.41, 5.74) is 7.24. The molecule has 84 valence electrons. The van der Waals surface area contributed by atoms with Crippen molar-refractivity contribution < 1.29 is 0 Å². The summed E-state index contributed by atoms with van der Waals surface area (Å²) in [4.78, 5) is 11.8. The van der Waals surface area contributed by atoms with Crippen molar-refractivity contribution in [3.05, 3.63) is 18.0 Å². The van der Waals surface area contributed by atoms with Crippen LogP contribution in [0.3, 0.4) is 0 Å². The maximum absolute atomic E-state index is 5.60. The number of aromatic amines is 1. The van der Waals surface area contributed by atoms with E-state index in [1.165, 1.54) is 12.8 Å². The molecule has 1 fully saturated rings. The molecule has 0 unspecified atom stereocenters. The van der Waals surface area contributed by atoms with Crippen LogP contribution in [0, 0.1) is 5.92 Å². The molecule has 0 saturated heterocycles. The lowest BCUT2D eigenvalue weighted by atomic mass is 10.4. The molecule has 0 amide bonds. The summed E-state index contributed by atoms with van der Waals surface area (Å²) in [6.07, 6.45) is 2.73. The number of hydrogen-bond acceptors (Lipinski definition) is 4. The lowest BCUT2D eigenvalue weighted by molar-refractivity contribution is 0.624. The Bertz CT molecular complexity index is 500. The van der Waals surface area contributed by atoms with Crippen LogP contribution in [-0.2, 0) is 6.54 Å². The third-order valence-corrected chi connectivity index (χ3v) is 2.84. The van der Waals surface area contributed by atoms with Gasteiger partial charge in [-0.2, -0.15) is 0 Å². The highest BCUT2D eigenvalue weighted by Gasteiger charge is 2.20. The number of fused-ring (bicyclic) bond motifs is 1. The number of imidazole rings is 1. The molecule has 0 aliphatic heterocycles. The molecule has 1 aliphatic carbocycles. The number of nitrogens with zero attached hydrogens (tertiary/aromatic N) is 2. The van der Waals surface area contributed by atoms with Crippen LogP contribution in [0.15, 0.2) is 12.1 Å². The topological polar surface area (TPSA) is 79.6 Å². The Morgan fingerprint density at radius 2 is 2.25 bits per heavy atom. The van der Waals surface area contributed by atoms with Crippen molar-refractivity contribution in [1.29, 1.82) is 0 Å². The Labute approximate surface area is 93.5 Å². The van der Waals surface area contributed by atoms with Gasteiger partial charge in [0.2, 0.25) is 0 Å². The fourth-order valence-corrected chi connectivity index (χ4v) is 1.76. The normalized spacial score (nSPS) is 15.8. The second-order valence-corrected chi connectivity index (χ2v) is 4.37. The predicted molar refractivity (Wildman–Crippen MR) is 62.7 cm³/mol. The van der Waals surface area contributed by atoms with Crippen molar-refractivity contribution >= 4 is 17.0 Å². The lowest BCUT2D eigenvalue weighted by Crippen LogP contribution is -2.16. The number of anilines is 1. The van der Waals surface area contributed by atoms with Crippen molar-refractivity contribution in [1.82, 2.24) is 20.3 Å². The highest BCUT2D eigenvalue weighted by atomic mass is 15.0. The molecule has 1 saturated carbocycles. The number of rotatable bonds is 4. The SMILES string of the molecule is Nc1ccc2[nH]c(CNCC3CC3)nc2n1. The van der Waals surface area contributed by atoms with E-state index in [9.17, 15) is 0 Å². The van der Waals surface area contributed by atoms with Gasteiger partial charge in [0.25, 0.3) is 0 Å². The summed E-state index contributed by atoms with van der Waals surface area (Å²) in [7, 11) is 0. The maximum Gasteiger partial charge on any atom is 0.179 e. The Balaban J connectivity index is 1.71. The second-order valence-electron chi connectivity index (χ2n) is 4.37. The molecule has 3 rings (SSSR count). The van der Waals surface area contributed by atoms with E-state index in [0.717, 1.165) is 30.3 Å². The molecule has 16 heavy (non-hydrogen) atoms. The van der Waals surface area contributed by atoms with Crippen LogP contribution < -0.4 is 11.1 Å².